The maximum absolute atomic E-state index is 12.8. The minimum atomic E-state index is -0.604. The maximum atomic E-state index is 12.8. The normalized spacial score (nSPS) is 23.3. The first-order chi connectivity index (χ1) is 14.3. The van der Waals surface area contributed by atoms with E-state index in [2.05, 4.69) is 12.2 Å². The molecule has 30 heavy (non-hydrogen) atoms. The molecule has 3 aliphatic rings. The molecule has 0 aromatic heterocycles. The van der Waals surface area contributed by atoms with Crippen molar-refractivity contribution < 1.29 is 23.9 Å². The molecule has 3 aliphatic heterocycles. The van der Waals surface area contributed by atoms with Gasteiger partial charge in [0.2, 0.25) is 11.8 Å². The van der Waals surface area contributed by atoms with Gasteiger partial charge in [-0.25, -0.2) is 0 Å². The van der Waals surface area contributed by atoms with E-state index in [1.807, 2.05) is 12.1 Å². The van der Waals surface area contributed by atoms with Crippen molar-refractivity contribution in [3.63, 3.8) is 0 Å². The smallest absolute Gasteiger partial charge is 0.255 e. The molecule has 0 bridgehead atoms. The molecule has 0 spiro atoms. The lowest BCUT2D eigenvalue weighted by molar-refractivity contribution is -0.137. The van der Waals surface area contributed by atoms with Gasteiger partial charge in [0.1, 0.15) is 11.8 Å². The van der Waals surface area contributed by atoms with Crippen LogP contribution >= 0.6 is 0 Å². The minimum Gasteiger partial charge on any atom is -0.381 e. The molecule has 3 amide bonds. The van der Waals surface area contributed by atoms with Crippen molar-refractivity contribution in [2.24, 2.45) is 5.41 Å². The second-order valence-corrected chi connectivity index (χ2v) is 9.03. The van der Waals surface area contributed by atoms with E-state index in [-0.39, 0.29) is 29.4 Å². The van der Waals surface area contributed by atoms with Crippen LogP contribution in [0.2, 0.25) is 0 Å². The molecule has 2 saturated heterocycles. The highest BCUT2D eigenvalue weighted by molar-refractivity contribution is 6.05. The first-order valence-corrected chi connectivity index (χ1v) is 10.7. The number of aryl methyl sites for hydroxylation is 1. The summed E-state index contributed by atoms with van der Waals surface area (Å²) in [7, 11) is 0. The number of hydrogen-bond donors (Lipinski definition) is 1. The highest BCUT2D eigenvalue weighted by atomic mass is 16.5. The molecule has 2 fully saturated rings. The molecule has 7 nitrogen and oxygen atoms in total. The number of nitrogens with one attached hydrogen (secondary N) is 1. The topological polar surface area (TPSA) is 92.8 Å². The van der Waals surface area contributed by atoms with Gasteiger partial charge < -0.3 is 9.64 Å². The van der Waals surface area contributed by atoms with Gasteiger partial charge in [-0.15, -0.1) is 0 Å². The Morgan fingerprint density at radius 1 is 1.23 bits per heavy atom. The zero-order chi connectivity index (χ0) is 21.3. The van der Waals surface area contributed by atoms with Gasteiger partial charge in [-0.1, -0.05) is 19.1 Å². The summed E-state index contributed by atoms with van der Waals surface area (Å²) in [6.45, 7) is 3.98. The largest absolute Gasteiger partial charge is 0.381 e. The Balaban J connectivity index is 1.36. The third-order valence-electron chi connectivity index (χ3n) is 6.60. The quantitative estimate of drug-likeness (QED) is 0.723. The highest BCUT2D eigenvalue weighted by Crippen LogP contribution is 2.34. The molecule has 7 heteroatoms. The van der Waals surface area contributed by atoms with Gasteiger partial charge in [-0.05, 0) is 48.3 Å². The van der Waals surface area contributed by atoms with Gasteiger partial charge >= 0.3 is 0 Å². The van der Waals surface area contributed by atoms with Crippen LogP contribution in [0.3, 0.4) is 0 Å². The molecule has 1 atom stereocenters. The van der Waals surface area contributed by atoms with E-state index in [4.69, 9.17) is 4.74 Å². The predicted molar refractivity (Wildman–Crippen MR) is 109 cm³/mol. The van der Waals surface area contributed by atoms with Crippen molar-refractivity contribution in [3.05, 3.63) is 34.9 Å². The fraction of sp³-hybridized carbons (Fsp3) is 0.565. The molecule has 0 aliphatic carbocycles. The number of carbonyl (C=O) groups excluding carboxylic acids is 4. The van der Waals surface area contributed by atoms with E-state index >= 15 is 0 Å². The van der Waals surface area contributed by atoms with Gasteiger partial charge in [-0.3, -0.25) is 24.5 Å². The lowest BCUT2D eigenvalue weighted by atomic mass is 9.77. The number of imide groups is 1. The number of carbonyl (C=O) groups is 4. The summed E-state index contributed by atoms with van der Waals surface area (Å²) in [5.74, 6) is -0.600. The standard InChI is InChI=1S/C23H28N2O5/c1-23(8-10-30-11-9-23)13-17(26)4-2-15-3-5-18-16(12-15)14-25(22(18)29)19-6-7-20(27)24-21(19)28/h3,5,12,19H,2,4,6-11,13-14H2,1H3,(H,24,27,28). The van der Waals surface area contributed by atoms with Crippen LogP contribution in [0.5, 0.6) is 0 Å². The van der Waals surface area contributed by atoms with Crippen LogP contribution in [0.15, 0.2) is 18.2 Å². The van der Waals surface area contributed by atoms with E-state index in [1.165, 1.54) is 0 Å². The van der Waals surface area contributed by atoms with Crippen LogP contribution in [0.4, 0.5) is 0 Å². The first kappa shape index (κ1) is 20.7. The predicted octanol–water partition coefficient (Wildman–Crippen LogP) is 2.16. The van der Waals surface area contributed by atoms with Gasteiger partial charge in [0.25, 0.3) is 5.91 Å². The number of piperidine rings is 1. The average Bonchev–Trinajstić information content (AvgIpc) is 3.02. The molecule has 1 unspecified atom stereocenters. The second-order valence-electron chi connectivity index (χ2n) is 9.03. The number of nitrogens with zero attached hydrogens (tertiary/aromatic N) is 1. The van der Waals surface area contributed by atoms with Crippen LogP contribution < -0.4 is 5.32 Å². The Kier molecular flexibility index (Phi) is 5.73. The highest BCUT2D eigenvalue weighted by Gasteiger charge is 2.39. The van der Waals surface area contributed by atoms with Gasteiger partial charge in [0.15, 0.2) is 0 Å². The Hall–Kier alpha value is -2.54. The number of ether oxygens (including phenoxy) is 1. The number of Topliss-reactive ketones (excluding diaryl/α,β-unsaturated/α-hetero) is 1. The van der Waals surface area contributed by atoms with Crippen molar-refractivity contribution >= 4 is 23.5 Å². The van der Waals surface area contributed by atoms with E-state index < -0.39 is 11.9 Å². The van der Waals surface area contributed by atoms with Crippen molar-refractivity contribution in [1.29, 1.82) is 0 Å². The summed E-state index contributed by atoms with van der Waals surface area (Å²) in [5.41, 5.74) is 2.55. The fourth-order valence-electron chi connectivity index (χ4n) is 4.67. The summed E-state index contributed by atoms with van der Waals surface area (Å²) < 4.78 is 5.41. The molecule has 160 valence electrons. The summed E-state index contributed by atoms with van der Waals surface area (Å²) in [6, 6.07) is 5.06. The Morgan fingerprint density at radius 2 is 2.00 bits per heavy atom. The van der Waals surface area contributed by atoms with Crippen LogP contribution in [-0.4, -0.2) is 47.7 Å². The number of fused-ring (bicyclic) bond motifs is 1. The van der Waals surface area contributed by atoms with Gasteiger partial charge in [0.05, 0.1) is 0 Å². The second kappa shape index (κ2) is 8.30. The average molecular weight is 412 g/mol. The van der Waals surface area contributed by atoms with Crippen LogP contribution in [0.25, 0.3) is 0 Å². The number of rotatable bonds is 6. The van der Waals surface area contributed by atoms with E-state index in [1.54, 1.807) is 11.0 Å². The monoisotopic (exact) mass is 412 g/mol. The lowest BCUT2D eigenvalue weighted by Gasteiger charge is -2.32. The molecule has 0 saturated carbocycles. The molecule has 1 aromatic rings. The zero-order valence-corrected chi connectivity index (χ0v) is 17.4. The molecular formula is C23H28N2O5. The molecule has 0 radical (unpaired) electrons. The molecule has 3 heterocycles. The fourth-order valence-corrected chi connectivity index (χ4v) is 4.67. The Labute approximate surface area is 176 Å². The summed E-state index contributed by atoms with van der Waals surface area (Å²) in [5, 5.41) is 2.32. The van der Waals surface area contributed by atoms with Crippen molar-refractivity contribution in [2.45, 2.75) is 64.5 Å². The number of ketones is 1. The number of benzene rings is 1. The number of amides is 3. The number of hydrogen-bond acceptors (Lipinski definition) is 5. The minimum absolute atomic E-state index is 0.0438. The van der Waals surface area contributed by atoms with Crippen molar-refractivity contribution in [1.82, 2.24) is 10.2 Å². The van der Waals surface area contributed by atoms with Gasteiger partial charge in [0, 0.05) is 44.6 Å². The third kappa shape index (κ3) is 4.31. The molecule has 1 aromatic carbocycles. The van der Waals surface area contributed by atoms with E-state index in [9.17, 15) is 19.2 Å². The molecule has 4 rings (SSSR count). The van der Waals surface area contributed by atoms with Crippen molar-refractivity contribution in [2.75, 3.05) is 13.2 Å². The van der Waals surface area contributed by atoms with Crippen LogP contribution in [0.1, 0.15) is 66.9 Å². The van der Waals surface area contributed by atoms with E-state index in [0.29, 0.717) is 37.8 Å². The maximum Gasteiger partial charge on any atom is 0.255 e. The first-order valence-electron chi connectivity index (χ1n) is 10.7. The van der Waals surface area contributed by atoms with Gasteiger partial charge in [-0.2, -0.15) is 0 Å². The van der Waals surface area contributed by atoms with Crippen LogP contribution in [0, 0.1) is 5.41 Å². The SMILES string of the molecule is CC1(CC(=O)CCc2ccc3c(c2)CN(C2CCC(=O)NC2=O)C3=O)CCOCC1. The molecule has 1 N–H and O–H groups in total. The Morgan fingerprint density at radius 3 is 2.73 bits per heavy atom. The summed E-state index contributed by atoms with van der Waals surface area (Å²) in [6.07, 6.45) is 4.17. The summed E-state index contributed by atoms with van der Waals surface area (Å²) >= 11 is 0. The third-order valence-corrected chi connectivity index (χ3v) is 6.60. The van der Waals surface area contributed by atoms with Crippen molar-refractivity contribution in [3.8, 4) is 0 Å². The summed E-state index contributed by atoms with van der Waals surface area (Å²) in [4.78, 5) is 50.4. The zero-order valence-electron chi connectivity index (χ0n) is 17.4. The lowest BCUT2D eigenvalue weighted by Crippen LogP contribution is -2.52. The Bertz CT molecular complexity index is 888. The van der Waals surface area contributed by atoms with E-state index in [0.717, 1.165) is 37.2 Å². The molecular weight excluding hydrogens is 384 g/mol. The van der Waals surface area contributed by atoms with Crippen LogP contribution in [-0.2, 0) is 32.1 Å².